The van der Waals surface area contributed by atoms with Crippen LogP contribution >= 0.6 is 11.3 Å². The zero-order valence-corrected chi connectivity index (χ0v) is 7.39. The van der Waals surface area contributed by atoms with Crippen LogP contribution in [0.5, 0.6) is 0 Å². The number of H-pyrrole nitrogens is 1. The minimum atomic E-state index is -0.996. The maximum atomic E-state index is 10.7. The number of aromatic amines is 1. The second-order valence-corrected chi connectivity index (χ2v) is 3.65. The Labute approximate surface area is 77.2 Å². The van der Waals surface area contributed by atoms with Crippen molar-refractivity contribution >= 4 is 27.5 Å². The molecule has 2 rings (SSSR count). The molecule has 0 saturated carbocycles. The van der Waals surface area contributed by atoms with E-state index in [4.69, 9.17) is 10.8 Å². The number of thiophene rings is 1. The average Bonchev–Trinajstić information content (AvgIpc) is 2.59. The van der Waals surface area contributed by atoms with Crippen LogP contribution in [0.1, 0.15) is 15.4 Å². The van der Waals surface area contributed by atoms with Gasteiger partial charge in [-0.1, -0.05) is 0 Å². The highest BCUT2D eigenvalue weighted by Gasteiger charge is 2.14. The number of nitrogens with one attached hydrogen (secondary N) is 1. The fourth-order valence-corrected chi connectivity index (χ4v) is 1.99. The summed E-state index contributed by atoms with van der Waals surface area (Å²) >= 11 is 1.40. The van der Waals surface area contributed by atoms with E-state index in [-0.39, 0.29) is 5.69 Å². The van der Waals surface area contributed by atoms with Crippen molar-refractivity contribution in [2.75, 3.05) is 0 Å². The predicted octanol–water partition coefficient (Wildman–Crippen LogP) is 0.781. The molecular formula is C7H7N3O2S. The molecule has 5 nitrogen and oxygen atoms in total. The Bertz CT molecular complexity index is 459. The molecule has 0 fully saturated rings. The summed E-state index contributed by atoms with van der Waals surface area (Å²) in [6, 6.07) is 1.76. The second-order valence-electron chi connectivity index (χ2n) is 2.54. The molecule has 0 aromatic carbocycles. The van der Waals surface area contributed by atoms with Gasteiger partial charge in [-0.25, -0.2) is 4.79 Å². The first-order valence-corrected chi connectivity index (χ1v) is 4.44. The van der Waals surface area contributed by atoms with Crippen molar-refractivity contribution in [1.82, 2.24) is 10.2 Å². The summed E-state index contributed by atoms with van der Waals surface area (Å²) in [4.78, 5) is 12.3. The number of hydrogen-bond donors (Lipinski definition) is 3. The standard InChI is InChI=1S/C7H7N3O2S/c8-2-3-1-4-5(7(11)12)9-10-6(4)13-3/h1H,2,8H2,(H,9,10)(H,11,12). The first-order chi connectivity index (χ1) is 6.22. The van der Waals surface area contributed by atoms with Crippen molar-refractivity contribution in [3.05, 3.63) is 16.6 Å². The Balaban J connectivity index is 2.65. The fraction of sp³-hybridized carbons (Fsp3) is 0.143. The quantitative estimate of drug-likeness (QED) is 0.663. The summed E-state index contributed by atoms with van der Waals surface area (Å²) in [6.45, 7) is 0.417. The molecule has 0 spiro atoms. The number of fused-ring (bicyclic) bond motifs is 1. The predicted molar refractivity (Wildman–Crippen MR) is 48.8 cm³/mol. The zero-order chi connectivity index (χ0) is 9.42. The molecule has 0 unspecified atom stereocenters. The summed E-state index contributed by atoms with van der Waals surface area (Å²) in [5, 5.41) is 15.7. The van der Waals surface area contributed by atoms with Gasteiger partial charge in [0.2, 0.25) is 0 Å². The van der Waals surface area contributed by atoms with Crippen LogP contribution in [-0.4, -0.2) is 21.3 Å². The Morgan fingerprint density at radius 3 is 3.15 bits per heavy atom. The molecular weight excluding hydrogens is 190 g/mol. The largest absolute Gasteiger partial charge is 0.477 e. The minimum absolute atomic E-state index is 0.131. The monoisotopic (exact) mass is 197 g/mol. The van der Waals surface area contributed by atoms with Gasteiger partial charge in [0.25, 0.3) is 0 Å². The average molecular weight is 197 g/mol. The van der Waals surface area contributed by atoms with Gasteiger partial charge in [-0.2, -0.15) is 5.10 Å². The molecule has 0 aliphatic rings. The summed E-state index contributed by atoms with van der Waals surface area (Å²) in [5.74, 6) is -0.996. The van der Waals surface area contributed by atoms with Gasteiger partial charge in [-0.05, 0) is 6.07 Å². The van der Waals surface area contributed by atoms with Crippen LogP contribution in [0.15, 0.2) is 6.07 Å². The first-order valence-electron chi connectivity index (χ1n) is 3.62. The normalized spacial score (nSPS) is 10.8. The smallest absolute Gasteiger partial charge is 0.354 e. The number of aromatic nitrogens is 2. The molecule has 0 radical (unpaired) electrons. The Kier molecular flexibility index (Phi) is 1.78. The molecule has 0 amide bonds. The molecule has 68 valence electrons. The summed E-state index contributed by atoms with van der Waals surface area (Å²) in [7, 11) is 0. The van der Waals surface area contributed by atoms with E-state index in [0.29, 0.717) is 16.8 Å². The van der Waals surface area contributed by atoms with E-state index in [1.54, 1.807) is 6.07 Å². The van der Waals surface area contributed by atoms with Crippen molar-refractivity contribution in [3.63, 3.8) is 0 Å². The van der Waals surface area contributed by atoms with E-state index in [2.05, 4.69) is 10.2 Å². The van der Waals surface area contributed by atoms with E-state index in [0.717, 1.165) is 4.88 Å². The molecule has 13 heavy (non-hydrogen) atoms. The van der Waals surface area contributed by atoms with Crippen molar-refractivity contribution in [3.8, 4) is 0 Å². The summed E-state index contributed by atoms with van der Waals surface area (Å²) in [5.41, 5.74) is 5.55. The molecule has 0 saturated heterocycles. The van der Waals surface area contributed by atoms with Crippen LogP contribution < -0.4 is 5.73 Å². The highest BCUT2D eigenvalue weighted by Crippen LogP contribution is 2.25. The van der Waals surface area contributed by atoms with Gasteiger partial charge in [0.05, 0.1) is 0 Å². The number of carbonyl (C=O) groups is 1. The highest BCUT2D eigenvalue weighted by atomic mass is 32.1. The van der Waals surface area contributed by atoms with Gasteiger partial charge in [0, 0.05) is 16.8 Å². The van der Waals surface area contributed by atoms with Gasteiger partial charge in [0.1, 0.15) is 4.83 Å². The van der Waals surface area contributed by atoms with Crippen molar-refractivity contribution in [1.29, 1.82) is 0 Å². The van der Waals surface area contributed by atoms with Gasteiger partial charge in [0.15, 0.2) is 5.69 Å². The Hall–Kier alpha value is -1.40. The molecule has 4 N–H and O–H groups in total. The number of aromatic carboxylic acids is 1. The number of rotatable bonds is 2. The molecule has 0 bridgehead atoms. The topological polar surface area (TPSA) is 92.0 Å². The maximum absolute atomic E-state index is 10.7. The third-order valence-electron chi connectivity index (χ3n) is 1.72. The number of carboxylic acid groups (broad SMARTS) is 1. The molecule has 0 aliphatic carbocycles. The third-order valence-corrected chi connectivity index (χ3v) is 2.77. The summed E-state index contributed by atoms with van der Waals surface area (Å²) < 4.78 is 0. The fourth-order valence-electron chi connectivity index (χ4n) is 1.12. The lowest BCUT2D eigenvalue weighted by molar-refractivity contribution is 0.0692. The molecule has 2 aromatic heterocycles. The number of nitrogens with zero attached hydrogens (tertiary/aromatic N) is 1. The van der Waals surface area contributed by atoms with Crippen molar-refractivity contribution in [2.45, 2.75) is 6.54 Å². The van der Waals surface area contributed by atoms with E-state index in [1.165, 1.54) is 11.3 Å². The third kappa shape index (κ3) is 1.20. The lowest BCUT2D eigenvalue weighted by Crippen LogP contribution is -1.97. The number of nitrogens with two attached hydrogens (primary N) is 1. The van der Waals surface area contributed by atoms with Crippen LogP contribution in [0.25, 0.3) is 10.2 Å². The Morgan fingerprint density at radius 1 is 1.77 bits per heavy atom. The van der Waals surface area contributed by atoms with Crippen molar-refractivity contribution < 1.29 is 9.90 Å². The second kappa shape index (κ2) is 2.82. The zero-order valence-electron chi connectivity index (χ0n) is 6.57. The molecule has 0 aliphatic heterocycles. The molecule has 2 heterocycles. The minimum Gasteiger partial charge on any atom is -0.477 e. The first kappa shape index (κ1) is 8.21. The highest BCUT2D eigenvalue weighted by molar-refractivity contribution is 7.18. The van der Waals surface area contributed by atoms with Crippen LogP contribution in [0.2, 0.25) is 0 Å². The van der Waals surface area contributed by atoms with E-state index in [9.17, 15) is 4.79 Å². The van der Waals surface area contributed by atoms with E-state index in [1.807, 2.05) is 0 Å². The Morgan fingerprint density at radius 2 is 2.54 bits per heavy atom. The van der Waals surface area contributed by atoms with E-state index >= 15 is 0 Å². The van der Waals surface area contributed by atoms with Crippen molar-refractivity contribution in [2.24, 2.45) is 5.73 Å². The van der Waals surface area contributed by atoms with Crippen LogP contribution in [0.4, 0.5) is 0 Å². The SMILES string of the molecule is NCc1cc2c(C(=O)O)[nH]nc2s1. The lowest BCUT2D eigenvalue weighted by Gasteiger charge is -1.86. The van der Waals surface area contributed by atoms with Crippen LogP contribution in [-0.2, 0) is 6.54 Å². The number of hydrogen-bond acceptors (Lipinski definition) is 4. The molecule has 0 atom stereocenters. The van der Waals surface area contributed by atoms with E-state index < -0.39 is 5.97 Å². The van der Waals surface area contributed by atoms with Gasteiger partial charge < -0.3 is 10.8 Å². The maximum Gasteiger partial charge on any atom is 0.354 e. The van der Waals surface area contributed by atoms with Gasteiger partial charge in [-0.15, -0.1) is 11.3 Å². The number of carboxylic acids is 1. The molecule has 2 aromatic rings. The lowest BCUT2D eigenvalue weighted by atomic mass is 10.3. The van der Waals surface area contributed by atoms with Gasteiger partial charge in [-0.3, -0.25) is 5.10 Å². The van der Waals surface area contributed by atoms with Gasteiger partial charge >= 0.3 is 5.97 Å². The van der Waals surface area contributed by atoms with Crippen LogP contribution in [0.3, 0.4) is 0 Å². The summed E-state index contributed by atoms with van der Waals surface area (Å²) in [6.07, 6.45) is 0. The van der Waals surface area contributed by atoms with Crippen LogP contribution in [0, 0.1) is 0 Å². The molecule has 6 heteroatoms.